The van der Waals surface area contributed by atoms with Gasteiger partial charge in [0.15, 0.2) is 5.65 Å². The Morgan fingerprint density at radius 1 is 1.33 bits per heavy atom. The molecule has 3 heterocycles. The van der Waals surface area contributed by atoms with Crippen LogP contribution in [-0.4, -0.2) is 36.3 Å². The van der Waals surface area contributed by atoms with Gasteiger partial charge in [-0.05, 0) is 31.5 Å². The first-order valence-electron chi connectivity index (χ1n) is 7.07. The highest BCUT2D eigenvalue weighted by Gasteiger charge is 2.06. The summed E-state index contributed by atoms with van der Waals surface area (Å²) in [7, 11) is 1.92. The monoisotopic (exact) mass is 285 g/mol. The van der Waals surface area contributed by atoms with Gasteiger partial charge < -0.3 is 5.32 Å². The second-order valence-electron chi connectivity index (χ2n) is 5.12. The van der Waals surface area contributed by atoms with Gasteiger partial charge in [0, 0.05) is 37.9 Å². The van der Waals surface area contributed by atoms with Crippen molar-refractivity contribution in [1.82, 2.24) is 35.1 Å². The van der Waals surface area contributed by atoms with E-state index in [1.54, 1.807) is 6.20 Å². The lowest BCUT2D eigenvalue weighted by Crippen LogP contribution is -2.16. The predicted molar refractivity (Wildman–Crippen MR) is 79.6 cm³/mol. The molecule has 3 aromatic heterocycles. The number of fused-ring (bicyclic) bond motifs is 1. The van der Waals surface area contributed by atoms with Crippen LogP contribution >= 0.6 is 0 Å². The first-order valence-corrected chi connectivity index (χ1v) is 7.07. The number of hydrogen-bond donors (Lipinski definition) is 1. The molecule has 0 aliphatic heterocycles. The van der Waals surface area contributed by atoms with Crippen LogP contribution in [0.25, 0.3) is 11.0 Å². The Hall–Kier alpha value is -2.28. The first-order chi connectivity index (χ1) is 10.2. The molecule has 7 nitrogen and oxygen atoms in total. The van der Waals surface area contributed by atoms with Crippen molar-refractivity contribution in [1.29, 1.82) is 0 Å². The molecule has 0 saturated heterocycles. The molecule has 1 N–H and O–H groups in total. The lowest BCUT2D eigenvalue weighted by atomic mass is 10.2. The summed E-state index contributed by atoms with van der Waals surface area (Å²) in [5.74, 6) is 0. The average molecular weight is 285 g/mol. The third-order valence-corrected chi connectivity index (χ3v) is 3.46. The molecule has 0 aliphatic rings. The Balaban J connectivity index is 1.52. The van der Waals surface area contributed by atoms with E-state index < -0.39 is 0 Å². The van der Waals surface area contributed by atoms with Gasteiger partial charge in [-0.25, -0.2) is 4.98 Å². The van der Waals surface area contributed by atoms with Crippen LogP contribution in [0.1, 0.15) is 17.7 Å². The van der Waals surface area contributed by atoms with Crippen LogP contribution in [0.3, 0.4) is 0 Å². The molecular weight excluding hydrogens is 266 g/mol. The van der Waals surface area contributed by atoms with Crippen LogP contribution in [0, 0.1) is 6.92 Å². The van der Waals surface area contributed by atoms with Crippen molar-refractivity contribution < 1.29 is 0 Å². The van der Waals surface area contributed by atoms with Gasteiger partial charge in [-0.1, -0.05) is 5.21 Å². The largest absolute Gasteiger partial charge is 0.313 e. The highest BCUT2D eigenvalue weighted by Crippen LogP contribution is 2.16. The quantitative estimate of drug-likeness (QED) is 0.685. The van der Waals surface area contributed by atoms with Crippen LogP contribution < -0.4 is 5.32 Å². The Kier molecular flexibility index (Phi) is 3.92. The molecule has 3 rings (SSSR count). The molecule has 0 bridgehead atoms. The smallest absolute Gasteiger partial charge is 0.157 e. The molecule has 0 saturated carbocycles. The average Bonchev–Trinajstić information content (AvgIpc) is 3.08. The summed E-state index contributed by atoms with van der Waals surface area (Å²) in [6.07, 6.45) is 6.51. The zero-order valence-electron chi connectivity index (χ0n) is 12.3. The number of rotatable bonds is 6. The normalized spacial score (nSPS) is 11.3. The summed E-state index contributed by atoms with van der Waals surface area (Å²) in [6.45, 7) is 4.64. The van der Waals surface area contributed by atoms with E-state index in [2.05, 4.69) is 31.8 Å². The van der Waals surface area contributed by atoms with E-state index in [-0.39, 0.29) is 0 Å². The number of nitrogens with one attached hydrogen (secondary N) is 1. The van der Waals surface area contributed by atoms with Gasteiger partial charge in [0.1, 0.15) is 0 Å². The lowest BCUT2D eigenvalue weighted by molar-refractivity contribution is 0.530. The summed E-state index contributed by atoms with van der Waals surface area (Å²) in [4.78, 5) is 4.48. The van der Waals surface area contributed by atoms with Crippen LogP contribution in [-0.2, 0) is 20.1 Å². The van der Waals surface area contributed by atoms with Crippen molar-refractivity contribution in [2.45, 2.75) is 26.4 Å². The molecule has 0 radical (unpaired) electrons. The van der Waals surface area contributed by atoms with Gasteiger partial charge in [-0.3, -0.25) is 9.36 Å². The SMILES string of the molecule is Cc1nn(C)c2ncc(CNCCCn3ccnn3)cc12. The standard InChI is InChI=1S/C14H19N7/c1-11-13-8-12(10-16-14(13)20(2)18-11)9-15-4-3-6-21-7-5-17-19-21/h5,7-8,10,15H,3-4,6,9H2,1-2H3. The van der Waals surface area contributed by atoms with Crippen molar-refractivity contribution in [2.75, 3.05) is 6.54 Å². The maximum Gasteiger partial charge on any atom is 0.157 e. The Morgan fingerprint density at radius 2 is 2.24 bits per heavy atom. The van der Waals surface area contributed by atoms with Gasteiger partial charge in [-0.15, -0.1) is 5.10 Å². The van der Waals surface area contributed by atoms with E-state index >= 15 is 0 Å². The Bertz CT molecular complexity index is 714. The Morgan fingerprint density at radius 3 is 3.05 bits per heavy atom. The minimum absolute atomic E-state index is 0.814. The number of nitrogens with zero attached hydrogens (tertiary/aromatic N) is 6. The first kappa shape index (κ1) is 13.7. The second kappa shape index (κ2) is 6.01. The molecule has 0 amide bonds. The molecule has 0 aliphatic carbocycles. The van der Waals surface area contributed by atoms with E-state index in [0.717, 1.165) is 42.8 Å². The van der Waals surface area contributed by atoms with Gasteiger partial charge in [0.2, 0.25) is 0 Å². The fourth-order valence-corrected chi connectivity index (χ4v) is 2.40. The molecule has 0 aromatic carbocycles. The fourth-order valence-electron chi connectivity index (χ4n) is 2.40. The fraction of sp³-hybridized carbons (Fsp3) is 0.429. The predicted octanol–water partition coefficient (Wildman–Crippen LogP) is 1.05. The van der Waals surface area contributed by atoms with Crippen LogP contribution in [0.15, 0.2) is 24.7 Å². The van der Waals surface area contributed by atoms with E-state index in [1.807, 2.05) is 35.7 Å². The highest BCUT2D eigenvalue weighted by atomic mass is 15.4. The summed E-state index contributed by atoms with van der Waals surface area (Å²) in [5, 5.41) is 16.7. The molecule has 7 heteroatoms. The maximum atomic E-state index is 4.48. The molecule has 21 heavy (non-hydrogen) atoms. The van der Waals surface area contributed by atoms with Crippen molar-refractivity contribution >= 4 is 11.0 Å². The van der Waals surface area contributed by atoms with Crippen LogP contribution in [0.4, 0.5) is 0 Å². The van der Waals surface area contributed by atoms with Crippen LogP contribution in [0.5, 0.6) is 0 Å². The third kappa shape index (κ3) is 3.08. The molecule has 0 unspecified atom stereocenters. The summed E-state index contributed by atoms with van der Waals surface area (Å²) < 4.78 is 3.66. The van der Waals surface area contributed by atoms with Gasteiger partial charge >= 0.3 is 0 Å². The topological polar surface area (TPSA) is 73.5 Å². The molecule has 3 aromatic rings. The second-order valence-corrected chi connectivity index (χ2v) is 5.12. The van der Waals surface area contributed by atoms with E-state index in [9.17, 15) is 0 Å². The third-order valence-electron chi connectivity index (χ3n) is 3.46. The number of hydrogen-bond acceptors (Lipinski definition) is 5. The summed E-state index contributed by atoms with van der Waals surface area (Å²) >= 11 is 0. The zero-order valence-corrected chi connectivity index (χ0v) is 12.3. The molecule has 0 fully saturated rings. The summed E-state index contributed by atoms with van der Waals surface area (Å²) in [6, 6.07) is 2.16. The van der Waals surface area contributed by atoms with Crippen molar-refractivity contribution in [2.24, 2.45) is 7.05 Å². The highest BCUT2D eigenvalue weighted by molar-refractivity contribution is 5.78. The molecule has 0 atom stereocenters. The van der Waals surface area contributed by atoms with Gasteiger partial charge in [-0.2, -0.15) is 5.10 Å². The molecular formula is C14H19N7. The van der Waals surface area contributed by atoms with Crippen molar-refractivity contribution in [3.05, 3.63) is 35.9 Å². The number of aromatic nitrogens is 6. The van der Waals surface area contributed by atoms with Gasteiger partial charge in [0.25, 0.3) is 0 Å². The van der Waals surface area contributed by atoms with Gasteiger partial charge in [0.05, 0.1) is 11.9 Å². The van der Waals surface area contributed by atoms with Crippen LogP contribution in [0.2, 0.25) is 0 Å². The number of pyridine rings is 1. The zero-order chi connectivity index (χ0) is 14.7. The minimum atomic E-state index is 0.814. The van der Waals surface area contributed by atoms with E-state index in [0.29, 0.717) is 0 Å². The summed E-state index contributed by atoms with van der Waals surface area (Å²) in [5.41, 5.74) is 3.13. The lowest BCUT2D eigenvalue weighted by Gasteiger charge is -2.05. The van der Waals surface area contributed by atoms with Crippen molar-refractivity contribution in [3.8, 4) is 0 Å². The minimum Gasteiger partial charge on any atom is -0.313 e. The number of aryl methyl sites for hydroxylation is 3. The maximum absolute atomic E-state index is 4.48. The Labute approximate surface area is 123 Å². The van der Waals surface area contributed by atoms with E-state index in [1.165, 1.54) is 5.56 Å². The van der Waals surface area contributed by atoms with Crippen molar-refractivity contribution in [3.63, 3.8) is 0 Å². The van der Waals surface area contributed by atoms with E-state index in [4.69, 9.17) is 0 Å². The molecule has 0 spiro atoms. The molecule has 110 valence electrons.